The van der Waals surface area contributed by atoms with Crippen LogP contribution in [-0.2, 0) is 11.3 Å². The summed E-state index contributed by atoms with van der Waals surface area (Å²) < 4.78 is 13.5. The van der Waals surface area contributed by atoms with Crippen LogP contribution in [0.5, 0.6) is 0 Å². The Kier molecular flexibility index (Phi) is 6.99. The Morgan fingerprint density at radius 1 is 1.20 bits per heavy atom. The molecule has 1 amide bonds. The van der Waals surface area contributed by atoms with E-state index in [0.29, 0.717) is 29.7 Å². The average molecular weight is 476 g/mol. The zero-order valence-corrected chi connectivity index (χ0v) is 18.4. The van der Waals surface area contributed by atoms with Crippen LogP contribution in [0.15, 0.2) is 53.0 Å². The molecule has 8 heteroatoms. The number of nitro groups is 1. The second-order valence-corrected chi connectivity index (χ2v) is 8.40. The summed E-state index contributed by atoms with van der Waals surface area (Å²) in [7, 11) is 0. The maximum atomic E-state index is 13.1. The summed E-state index contributed by atoms with van der Waals surface area (Å²) in [5.41, 5.74) is 1.59. The summed E-state index contributed by atoms with van der Waals surface area (Å²) in [4.78, 5) is 27.5. The molecule has 1 saturated heterocycles. The fourth-order valence-corrected chi connectivity index (χ4v) is 3.98. The molecule has 1 aliphatic rings. The van der Waals surface area contributed by atoms with Crippen molar-refractivity contribution in [3.63, 3.8) is 0 Å². The van der Waals surface area contributed by atoms with Crippen LogP contribution in [0.4, 0.5) is 10.1 Å². The number of nitrogens with zero attached hydrogens (tertiary/aromatic N) is 3. The van der Waals surface area contributed by atoms with Gasteiger partial charge in [0.15, 0.2) is 0 Å². The quantitative estimate of drug-likeness (QED) is 0.359. The van der Waals surface area contributed by atoms with E-state index < -0.39 is 4.92 Å². The van der Waals surface area contributed by atoms with Crippen LogP contribution >= 0.6 is 15.9 Å². The lowest BCUT2D eigenvalue weighted by Gasteiger charge is -2.44. The first kappa shape index (κ1) is 22.1. The lowest BCUT2D eigenvalue weighted by Crippen LogP contribution is -2.57. The van der Waals surface area contributed by atoms with Gasteiger partial charge in [-0.05, 0) is 65.2 Å². The molecule has 1 heterocycles. The first-order valence-electron chi connectivity index (χ1n) is 9.65. The van der Waals surface area contributed by atoms with Crippen molar-refractivity contribution in [2.24, 2.45) is 0 Å². The highest BCUT2D eigenvalue weighted by Crippen LogP contribution is 2.26. The average Bonchev–Trinajstić information content (AvgIpc) is 2.71. The molecular weight excluding hydrogens is 453 g/mol. The highest BCUT2D eigenvalue weighted by Gasteiger charge is 2.31. The molecule has 2 aromatic rings. The molecular formula is C22H23BrFN3O3. The van der Waals surface area contributed by atoms with Crippen molar-refractivity contribution in [1.82, 2.24) is 9.80 Å². The van der Waals surface area contributed by atoms with Crippen molar-refractivity contribution < 1.29 is 14.1 Å². The van der Waals surface area contributed by atoms with Crippen molar-refractivity contribution in [3.05, 3.63) is 80.1 Å². The van der Waals surface area contributed by atoms with Gasteiger partial charge in [0.25, 0.3) is 5.69 Å². The number of carbonyl (C=O) groups is 1. The van der Waals surface area contributed by atoms with Crippen molar-refractivity contribution in [2.75, 3.05) is 13.1 Å². The third-order valence-corrected chi connectivity index (χ3v) is 5.95. The summed E-state index contributed by atoms with van der Waals surface area (Å²) >= 11 is 3.16. The summed E-state index contributed by atoms with van der Waals surface area (Å²) in [5.74, 6) is -0.375. The van der Waals surface area contributed by atoms with E-state index in [1.165, 1.54) is 24.3 Å². The maximum absolute atomic E-state index is 13.1. The van der Waals surface area contributed by atoms with Gasteiger partial charge in [-0.15, -0.1) is 0 Å². The number of carbonyl (C=O) groups excluding carboxylic acids is 1. The van der Waals surface area contributed by atoms with Gasteiger partial charge in [-0.3, -0.25) is 19.8 Å². The SMILES string of the molecule is CC1CN(C(=O)C=Cc2ccc(Br)c([N+](=O)[O-])c2)C(C)CN1Cc1ccc(F)cc1. The Hall–Kier alpha value is -2.58. The normalized spacial score (nSPS) is 19.9. The number of halogens is 2. The van der Waals surface area contributed by atoms with Gasteiger partial charge >= 0.3 is 0 Å². The Morgan fingerprint density at radius 3 is 2.57 bits per heavy atom. The van der Waals surface area contributed by atoms with Crippen molar-refractivity contribution >= 4 is 33.6 Å². The Morgan fingerprint density at radius 2 is 1.90 bits per heavy atom. The molecule has 1 fully saturated rings. The van der Waals surface area contributed by atoms with Gasteiger partial charge in [0, 0.05) is 43.9 Å². The predicted molar refractivity (Wildman–Crippen MR) is 117 cm³/mol. The molecule has 0 bridgehead atoms. The number of benzene rings is 2. The van der Waals surface area contributed by atoms with Gasteiger partial charge in [0.05, 0.1) is 9.40 Å². The van der Waals surface area contributed by atoms with Crippen LogP contribution in [0, 0.1) is 15.9 Å². The van der Waals surface area contributed by atoms with E-state index >= 15 is 0 Å². The number of hydrogen-bond donors (Lipinski definition) is 0. The third-order valence-electron chi connectivity index (χ3n) is 5.28. The van der Waals surface area contributed by atoms with E-state index in [-0.39, 0.29) is 29.5 Å². The minimum atomic E-state index is -0.465. The Balaban J connectivity index is 1.65. The lowest BCUT2D eigenvalue weighted by molar-refractivity contribution is -0.385. The molecule has 2 atom stereocenters. The fourth-order valence-electron chi connectivity index (χ4n) is 3.59. The summed E-state index contributed by atoms with van der Waals surface area (Å²) in [6.45, 7) is 6.05. The first-order valence-corrected chi connectivity index (χ1v) is 10.4. The summed E-state index contributed by atoms with van der Waals surface area (Å²) in [6.07, 6.45) is 3.07. The van der Waals surface area contributed by atoms with Crippen LogP contribution in [0.25, 0.3) is 6.08 Å². The Labute approximate surface area is 183 Å². The molecule has 2 aromatic carbocycles. The van der Waals surface area contributed by atoms with E-state index in [2.05, 4.69) is 27.8 Å². The van der Waals surface area contributed by atoms with E-state index in [0.717, 1.165) is 5.56 Å². The number of hydrogen-bond acceptors (Lipinski definition) is 4. The van der Waals surface area contributed by atoms with Gasteiger partial charge in [0.2, 0.25) is 5.91 Å². The summed E-state index contributed by atoms with van der Waals surface area (Å²) in [5, 5.41) is 11.1. The lowest BCUT2D eigenvalue weighted by atomic mass is 10.1. The van der Waals surface area contributed by atoms with Crippen LogP contribution in [0.1, 0.15) is 25.0 Å². The number of rotatable bonds is 5. The molecule has 0 spiro atoms. The van der Waals surface area contributed by atoms with Gasteiger partial charge in [0.1, 0.15) is 5.82 Å². The standard InChI is InChI=1S/C22H23BrFN3O3/c1-15-13-26(16(2)12-25(15)14-18-3-7-19(24)8-4-18)22(28)10-6-17-5-9-20(23)21(11-17)27(29)30/h3-11,15-16H,12-14H2,1-2H3. The molecule has 0 aromatic heterocycles. The van der Waals surface area contributed by atoms with Crippen LogP contribution in [-0.4, -0.2) is 45.8 Å². The summed E-state index contributed by atoms with van der Waals surface area (Å²) in [6, 6.07) is 11.4. The van der Waals surface area contributed by atoms with Crippen LogP contribution < -0.4 is 0 Å². The van der Waals surface area contributed by atoms with Gasteiger partial charge < -0.3 is 4.90 Å². The van der Waals surface area contributed by atoms with E-state index in [1.807, 2.05) is 11.8 Å². The highest BCUT2D eigenvalue weighted by atomic mass is 79.9. The molecule has 0 N–H and O–H groups in total. The second kappa shape index (κ2) is 9.49. The molecule has 0 aliphatic carbocycles. The number of amides is 1. The first-order chi connectivity index (χ1) is 14.2. The van der Waals surface area contributed by atoms with E-state index in [9.17, 15) is 19.3 Å². The zero-order chi connectivity index (χ0) is 21.8. The number of piperazine rings is 1. The smallest absolute Gasteiger partial charge is 0.284 e. The maximum Gasteiger partial charge on any atom is 0.284 e. The molecule has 30 heavy (non-hydrogen) atoms. The van der Waals surface area contributed by atoms with Gasteiger partial charge in [-0.2, -0.15) is 0 Å². The third kappa shape index (κ3) is 5.31. The molecule has 1 aliphatic heterocycles. The monoisotopic (exact) mass is 475 g/mol. The highest BCUT2D eigenvalue weighted by molar-refractivity contribution is 9.10. The predicted octanol–water partition coefficient (Wildman–Crippen LogP) is 4.63. The Bertz CT molecular complexity index is 965. The second-order valence-electron chi connectivity index (χ2n) is 7.55. The molecule has 0 saturated carbocycles. The number of nitro benzene ring substituents is 1. The van der Waals surface area contributed by atoms with Crippen molar-refractivity contribution in [2.45, 2.75) is 32.5 Å². The molecule has 2 unspecified atom stereocenters. The zero-order valence-electron chi connectivity index (χ0n) is 16.8. The van der Waals surface area contributed by atoms with E-state index in [4.69, 9.17) is 0 Å². The van der Waals surface area contributed by atoms with Crippen LogP contribution in [0.2, 0.25) is 0 Å². The van der Waals surface area contributed by atoms with Crippen LogP contribution in [0.3, 0.4) is 0 Å². The largest absolute Gasteiger partial charge is 0.334 e. The molecule has 6 nitrogen and oxygen atoms in total. The van der Waals surface area contributed by atoms with Crippen molar-refractivity contribution in [1.29, 1.82) is 0 Å². The minimum absolute atomic E-state index is 0.0121. The van der Waals surface area contributed by atoms with Gasteiger partial charge in [-0.25, -0.2) is 4.39 Å². The van der Waals surface area contributed by atoms with E-state index in [1.54, 1.807) is 30.3 Å². The minimum Gasteiger partial charge on any atom is -0.334 e. The fraction of sp³-hybridized carbons (Fsp3) is 0.318. The molecule has 3 rings (SSSR count). The molecule has 158 valence electrons. The van der Waals surface area contributed by atoms with Gasteiger partial charge in [-0.1, -0.05) is 18.2 Å². The van der Waals surface area contributed by atoms with Crippen molar-refractivity contribution in [3.8, 4) is 0 Å². The topological polar surface area (TPSA) is 66.7 Å². The molecule has 0 radical (unpaired) electrons.